The molecule has 76 valence electrons. The second-order valence-corrected chi connectivity index (χ2v) is 3.89. The first-order valence-electron chi connectivity index (χ1n) is 4.89. The standard InChI is InChI=1S/C12H17NO/c1-8(2)12(14)13-11-7-5-6-9(3)10(11)4/h5-8H,1-4H3,(H,13,14). The summed E-state index contributed by atoms with van der Waals surface area (Å²) < 4.78 is 0. The number of amides is 1. The second kappa shape index (κ2) is 4.27. The molecule has 0 radical (unpaired) electrons. The average Bonchev–Trinajstić information content (AvgIpc) is 2.12. The molecular formula is C12H17NO. The van der Waals surface area contributed by atoms with Gasteiger partial charge in [-0.3, -0.25) is 4.79 Å². The third-order valence-corrected chi connectivity index (χ3v) is 2.39. The zero-order chi connectivity index (χ0) is 10.7. The zero-order valence-electron chi connectivity index (χ0n) is 9.22. The van der Waals surface area contributed by atoms with Crippen LogP contribution >= 0.6 is 0 Å². The highest BCUT2D eigenvalue weighted by Crippen LogP contribution is 2.18. The maximum Gasteiger partial charge on any atom is 0.226 e. The number of aryl methyl sites for hydroxylation is 1. The van der Waals surface area contributed by atoms with Gasteiger partial charge < -0.3 is 5.32 Å². The van der Waals surface area contributed by atoms with E-state index in [1.54, 1.807) is 0 Å². The van der Waals surface area contributed by atoms with Crippen LogP contribution in [0.25, 0.3) is 0 Å². The van der Waals surface area contributed by atoms with Gasteiger partial charge in [0.1, 0.15) is 0 Å². The SMILES string of the molecule is Cc1cccc(NC(=O)C(C)C)c1C. The molecule has 0 aliphatic carbocycles. The van der Waals surface area contributed by atoms with E-state index in [0.29, 0.717) is 0 Å². The quantitative estimate of drug-likeness (QED) is 0.765. The minimum atomic E-state index is 0.0231. The Morgan fingerprint density at radius 3 is 2.50 bits per heavy atom. The third-order valence-electron chi connectivity index (χ3n) is 2.39. The van der Waals surface area contributed by atoms with E-state index < -0.39 is 0 Å². The van der Waals surface area contributed by atoms with Crippen LogP contribution in [0.5, 0.6) is 0 Å². The van der Waals surface area contributed by atoms with Crippen LogP contribution < -0.4 is 5.32 Å². The van der Waals surface area contributed by atoms with Crippen LogP contribution in [-0.2, 0) is 4.79 Å². The third kappa shape index (κ3) is 2.34. The average molecular weight is 191 g/mol. The Morgan fingerprint density at radius 2 is 1.93 bits per heavy atom. The molecule has 0 aliphatic rings. The minimum Gasteiger partial charge on any atom is -0.326 e. The number of hydrogen-bond donors (Lipinski definition) is 1. The first kappa shape index (κ1) is 10.8. The van der Waals surface area contributed by atoms with Gasteiger partial charge in [0.15, 0.2) is 0 Å². The number of nitrogens with one attached hydrogen (secondary N) is 1. The van der Waals surface area contributed by atoms with Crippen molar-refractivity contribution < 1.29 is 4.79 Å². The number of benzene rings is 1. The van der Waals surface area contributed by atoms with Crippen LogP contribution in [-0.4, -0.2) is 5.91 Å². The van der Waals surface area contributed by atoms with Gasteiger partial charge in [-0.2, -0.15) is 0 Å². The molecule has 0 atom stereocenters. The molecule has 0 fully saturated rings. The van der Waals surface area contributed by atoms with Crippen molar-refractivity contribution in [2.45, 2.75) is 27.7 Å². The van der Waals surface area contributed by atoms with Crippen LogP contribution in [0.3, 0.4) is 0 Å². The Morgan fingerprint density at radius 1 is 1.29 bits per heavy atom. The van der Waals surface area contributed by atoms with Crippen molar-refractivity contribution in [3.63, 3.8) is 0 Å². The molecule has 0 bridgehead atoms. The number of carbonyl (C=O) groups excluding carboxylic acids is 1. The Labute approximate surface area is 85.3 Å². The van der Waals surface area contributed by atoms with Crippen LogP contribution in [0, 0.1) is 19.8 Å². The van der Waals surface area contributed by atoms with Crippen LogP contribution in [0.15, 0.2) is 18.2 Å². The van der Waals surface area contributed by atoms with Crippen molar-refractivity contribution in [1.82, 2.24) is 0 Å². The summed E-state index contributed by atoms with van der Waals surface area (Å²) in [6, 6.07) is 5.93. The molecule has 0 aromatic heterocycles. The molecular weight excluding hydrogens is 174 g/mol. The fourth-order valence-corrected chi connectivity index (χ4v) is 1.16. The summed E-state index contributed by atoms with van der Waals surface area (Å²) in [5.41, 5.74) is 3.26. The largest absolute Gasteiger partial charge is 0.326 e. The Bertz CT molecular complexity index is 342. The number of hydrogen-bond acceptors (Lipinski definition) is 1. The highest BCUT2D eigenvalue weighted by Gasteiger charge is 2.08. The molecule has 2 heteroatoms. The summed E-state index contributed by atoms with van der Waals surface area (Å²) >= 11 is 0. The first-order chi connectivity index (χ1) is 6.52. The molecule has 1 N–H and O–H groups in total. The molecule has 0 unspecified atom stereocenters. The minimum absolute atomic E-state index is 0.0231. The van der Waals surface area contributed by atoms with E-state index in [0.717, 1.165) is 11.3 Å². The lowest BCUT2D eigenvalue weighted by Gasteiger charge is -2.11. The predicted octanol–water partition coefficient (Wildman–Crippen LogP) is 2.90. The Kier molecular flexibility index (Phi) is 3.28. The van der Waals surface area contributed by atoms with Gasteiger partial charge in [0.2, 0.25) is 5.91 Å². The van der Waals surface area contributed by atoms with Crippen molar-refractivity contribution in [2.75, 3.05) is 5.32 Å². The van der Waals surface area contributed by atoms with Gasteiger partial charge in [-0.05, 0) is 31.0 Å². The second-order valence-electron chi connectivity index (χ2n) is 3.89. The van der Waals surface area contributed by atoms with Crippen molar-refractivity contribution in [2.24, 2.45) is 5.92 Å². The lowest BCUT2D eigenvalue weighted by atomic mass is 10.1. The summed E-state index contributed by atoms with van der Waals surface area (Å²) in [5.74, 6) is 0.0913. The molecule has 14 heavy (non-hydrogen) atoms. The monoisotopic (exact) mass is 191 g/mol. The molecule has 1 aromatic carbocycles. The number of rotatable bonds is 2. The predicted molar refractivity (Wildman–Crippen MR) is 59.4 cm³/mol. The van der Waals surface area contributed by atoms with E-state index in [-0.39, 0.29) is 11.8 Å². The molecule has 0 saturated carbocycles. The van der Waals surface area contributed by atoms with E-state index in [2.05, 4.69) is 5.32 Å². The summed E-state index contributed by atoms with van der Waals surface area (Å²) in [6.07, 6.45) is 0. The van der Waals surface area contributed by atoms with Gasteiger partial charge >= 0.3 is 0 Å². The van der Waals surface area contributed by atoms with Gasteiger partial charge in [0.05, 0.1) is 0 Å². The summed E-state index contributed by atoms with van der Waals surface area (Å²) in [4.78, 5) is 11.5. The van der Waals surface area contributed by atoms with Crippen molar-refractivity contribution in [1.29, 1.82) is 0 Å². The Balaban J connectivity index is 2.87. The Hall–Kier alpha value is -1.31. The number of carbonyl (C=O) groups is 1. The van der Waals surface area contributed by atoms with Gasteiger partial charge in [0, 0.05) is 11.6 Å². The van der Waals surface area contributed by atoms with Gasteiger partial charge in [-0.1, -0.05) is 26.0 Å². The summed E-state index contributed by atoms with van der Waals surface area (Å²) in [6.45, 7) is 7.84. The molecule has 0 aliphatic heterocycles. The molecule has 1 rings (SSSR count). The summed E-state index contributed by atoms with van der Waals surface area (Å²) in [7, 11) is 0. The van der Waals surface area contributed by atoms with Crippen LogP contribution in [0.2, 0.25) is 0 Å². The molecule has 2 nitrogen and oxygen atoms in total. The summed E-state index contributed by atoms with van der Waals surface area (Å²) in [5, 5.41) is 2.91. The van der Waals surface area contributed by atoms with Crippen LogP contribution in [0.1, 0.15) is 25.0 Å². The van der Waals surface area contributed by atoms with Crippen LogP contribution in [0.4, 0.5) is 5.69 Å². The highest BCUT2D eigenvalue weighted by atomic mass is 16.1. The van der Waals surface area contributed by atoms with Gasteiger partial charge in [-0.15, -0.1) is 0 Å². The maximum absolute atomic E-state index is 11.5. The van der Waals surface area contributed by atoms with Crippen molar-refractivity contribution >= 4 is 11.6 Å². The fraction of sp³-hybridized carbons (Fsp3) is 0.417. The first-order valence-corrected chi connectivity index (χ1v) is 4.89. The van der Waals surface area contributed by atoms with Crippen molar-refractivity contribution in [3.05, 3.63) is 29.3 Å². The van der Waals surface area contributed by atoms with E-state index >= 15 is 0 Å². The topological polar surface area (TPSA) is 29.1 Å². The zero-order valence-corrected chi connectivity index (χ0v) is 9.22. The fourth-order valence-electron chi connectivity index (χ4n) is 1.16. The smallest absolute Gasteiger partial charge is 0.226 e. The molecule has 0 spiro atoms. The van der Waals surface area contributed by atoms with E-state index in [1.165, 1.54) is 5.56 Å². The lowest BCUT2D eigenvalue weighted by molar-refractivity contribution is -0.118. The molecule has 1 amide bonds. The van der Waals surface area contributed by atoms with Gasteiger partial charge in [-0.25, -0.2) is 0 Å². The molecule has 0 saturated heterocycles. The normalized spacial score (nSPS) is 10.4. The number of anilines is 1. The van der Waals surface area contributed by atoms with E-state index in [4.69, 9.17) is 0 Å². The molecule has 0 heterocycles. The lowest BCUT2D eigenvalue weighted by Crippen LogP contribution is -2.18. The van der Waals surface area contributed by atoms with E-state index in [9.17, 15) is 4.79 Å². The molecule has 1 aromatic rings. The van der Waals surface area contributed by atoms with Crippen molar-refractivity contribution in [3.8, 4) is 0 Å². The van der Waals surface area contributed by atoms with Gasteiger partial charge in [0.25, 0.3) is 0 Å². The maximum atomic E-state index is 11.5. The van der Waals surface area contributed by atoms with E-state index in [1.807, 2.05) is 45.9 Å². The highest BCUT2D eigenvalue weighted by molar-refractivity contribution is 5.92.